The third-order valence-electron chi connectivity index (χ3n) is 3.06. The summed E-state index contributed by atoms with van der Waals surface area (Å²) in [6, 6.07) is 13.3. The Labute approximate surface area is 124 Å². The molecule has 7 heteroatoms. The van der Waals surface area contributed by atoms with Gasteiger partial charge in [0.1, 0.15) is 5.75 Å². The van der Waals surface area contributed by atoms with Gasteiger partial charge in [-0.05, 0) is 24.3 Å². The van der Waals surface area contributed by atoms with E-state index in [1.165, 1.54) is 12.3 Å². The number of phenolic OH excluding ortho intramolecular Hbond substituents is 1. The van der Waals surface area contributed by atoms with Crippen LogP contribution in [0.5, 0.6) is 5.75 Å². The number of rotatable bonds is 3. The first-order valence-electron chi connectivity index (χ1n) is 6.45. The number of aromatic nitrogens is 2. The van der Waals surface area contributed by atoms with Crippen LogP contribution in [0.15, 0.2) is 58.4 Å². The number of nitrogens with one attached hydrogen (secondary N) is 1. The van der Waals surface area contributed by atoms with E-state index in [1.807, 2.05) is 0 Å². The lowest BCUT2D eigenvalue weighted by Crippen LogP contribution is -2.22. The van der Waals surface area contributed by atoms with Gasteiger partial charge in [0.05, 0.1) is 17.1 Å². The Morgan fingerprint density at radius 1 is 1.14 bits per heavy atom. The largest absolute Gasteiger partial charge is 0.507 e. The molecular weight excluding hydrogens is 284 g/mol. The zero-order valence-corrected chi connectivity index (χ0v) is 11.3. The monoisotopic (exact) mass is 296 g/mol. The van der Waals surface area contributed by atoms with Gasteiger partial charge in [0, 0.05) is 5.56 Å². The molecule has 0 bridgehead atoms. The average Bonchev–Trinajstić information content (AvgIpc) is 2.54. The van der Waals surface area contributed by atoms with Gasteiger partial charge in [-0.15, -0.1) is 4.73 Å². The maximum absolute atomic E-state index is 12.0. The van der Waals surface area contributed by atoms with Crippen molar-refractivity contribution >= 4 is 23.1 Å². The van der Waals surface area contributed by atoms with Gasteiger partial charge in [-0.2, -0.15) is 5.10 Å². The first kappa shape index (κ1) is 13.6. The topological polar surface area (TPSA) is 99.7 Å². The van der Waals surface area contributed by atoms with E-state index in [0.717, 1.165) is 0 Å². The summed E-state index contributed by atoms with van der Waals surface area (Å²) < 4.78 is 0.393. The highest BCUT2D eigenvalue weighted by Gasteiger charge is 2.08. The van der Waals surface area contributed by atoms with E-state index in [9.17, 15) is 15.1 Å². The van der Waals surface area contributed by atoms with Gasteiger partial charge in [-0.1, -0.05) is 24.3 Å². The van der Waals surface area contributed by atoms with Gasteiger partial charge < -0.3 is 10.3 Å². The third-order valence-corrected chi connectivity index (χ3v) is 3.06. The highest BCUT2D eigenvalue weighted by Crippen LogP contribution is 2.13. The number of phenols is 1. The molecule has 0 amide bonds. The maximum atomic E-state index is 12.0. The molecule has 110 valence electrons. The molecule has 0 radical (unpaired) electrons. The minimum Gasteiger partial charge on any atom is -0.507 e. The fourth-order valence-corrected chi connectivity index (χ4v) is 1.95. The Bertz CT molecular complexity index is 918. The third kappa shape index (κ3) is 2.47. The molecule has 2 aromatic carbocycles. The molecule has 22 heavy (non-hydrogen) atoms. The van der Waals surface area contributed by atoms with Gasteiger partial charge in [0.2, 0.25) is 0 Å². The number of hydrogen-bond acceptors (Lipinski definition) is 6. The average molecular weight is 296 g/mol. The lowest BCUT2D eigenvalue weighted by Gasteiger charge is -2.06. The number of anilines is 1. The first-order valence-corrected chi connectivity index (χ1v) is 6.45. The van der Waals surface area contributed by atoms with E-state index >= 15 is 0 Å². The number of nitrogens with zero attached hydrogens (tertiary/aromatic N) is 3. The molecule has 7 nitrogen and oxygen atoms in total. The minimum absolute atomic E-state index is 0.0703. The molecule has 3 N–H and O–H groups in total. The van der Waals surface area contributed by atoms with Gasteiger partial charge in [0.15, 0.2) is 0 Å². The number of aromatic hydroxyl groups is 1. The van der Waals surface area contributed by atoms with Crippen molar-refractivity contribution in [1.29, 1.82) is 0 Å². The van der Waals surface area contributed by atoms with Gasteiger partial charge in [-0.25, -0.2) is 10.4 Å². The molecule has 0 spiro atoms. The van der Waals surface area contributed by atoms with Crippen molar-refractivity contribution in [2.24, 2.45) is 5.10 Å². The van der Waals surface area contributed by atoms with Crippen molar-refractivity contribution in [3.8, 4) is 5.75 Å². The number of para-hydroxylation sites is 2. The van der Waals surface area contributed by atoms with Crippen LogP contribution in [0.4, 0.5) is 5.95 Å². The lowest BCUT2D eigenvalue weighted by atomic mass is 10.2. The Morgan fingerprint density at radius 2 is 1.86 bits per heavy atom. The van der Waals surface area contributed by atoms with Crippen LogP contribution in [-0.4, -0.2) is 26.2 Å². The smallest absolute Gasteiger partial charge is 0.295 e. The number of hydrazone groups is 1. The molecule has 3 rings (SSSR count). The number of benzene rings is 2. The molecule has 0 aliphatic rings. The first-order chi connectivity index (χ1) is 10.7. The van der Waals surface area contributed by atoms with Gasteiger partial charge >= 0.3 is 0 Å². The van der Waals surface area contributed by atoms with Gasteiger partial charge in [-0.3, -0.25) is 4.79 Å². The van der Waals surface area contributed by atoms with Crippen LogP contribution in [-0.2, 0) is 0 Å². The molecular formula is C15H12N4O3. The molecule has 3 aromatic rings. The van der Waals surface area contributed by atoms with Crippen LogP contribution >= 0.6 is 0 Å². The van der Waals surface area contributed by atoms with Crippen LogP contribution in [0.25, 0.3) is 10.9 Å². The predicted molar refractivity (Wildman–Crippen MR) is 82.5 cm³/mol. The van der Waals surface area contributed by atoms with Crippen molar-refractivity contribution in [3.05, 3.63) is 64.4 Å². The summed E-state index contributed by atoms with van der Waals surface area (Å²) in [6.07, 6.45) is 1.36. The van der Waals surface area contributed by atoms with E-state index in [-0.39, 0.29) is 11.7 Å². The fourth-order valence-electron chi connectivity index (χ4n) is 1.95. The summed E-state index contributed by atoms with van der Waals surface area (Å²) in [5.74, 6) is -0.0451. The summed E-state index contributed by atoms with van der Waals surface area (Å²) in [6.45, 7) is 0. The van der Waals surface area contributed by atoms with Crippen LogP contribution in [0, 0.1) is 0 Å². The second-order valence-electron chi connectivity index (χ2n) is 4.50. The number of fused-ring (bicyclic) bond motifs is 1. The Kier molecular flexibility index (Phi) is 3.45. The second kappa shape index (κ2) is 5.57. The summed E-state index contributed by atoms with van der Waals surface area (Å²) in [5, 5.41) is 23.6. The quantitative estimate of drug-likeness (QED) is 0.389. The normalized spacial score (nSPS) is 11.1. The molecule has 0 saturated heterocycles. The molecule has 0 atom stereocenters. The zero-order chi connectivity index (χ0) is 15.5. The minimum atomic E-state index is -0.592. The van der Waals surface area contributed by atoms with Crippen molar-refractivity contribution in [2.45, 2.75) is 0 Å². The van der Waals surface area contributed by atoms with Crippen molar-refractivity contribution in [2.75, 3.05) is 5.43 Å². The molecule has 0 saturated carbocycles. The molecule has 0 unspecified atom stereocenters. The lowest BCUT2D eigenvalue weighted by molar-refractivity contribution is 0.179. The molecule has 1 aromatic heterocycles. The number of hydrogen-bond donors (Lipinski definition) is 3. The van der Waals surface area contributed by atoms with E-state index < -0.39 is 5.56 Å². The Balaban J connectivity index is 1.93. The van der Waals surface area contributed by atoms with Crippen molar-refractivity contribution in [3.63, 3.8) is 0 Å². The molecule has 1 heterocycles. The standard InChI is InChI=1S/C15H12N4O3/c20-13-8-4-1-5-10(13)9-16-18-15-17-12-7-3-2-6-11(12)14(21)19(15)22/h1-9,20,22H,(H,17,18). The van der Waals surface area contributed by atoms with E-state index in [2.05, 4.69) is 15.5 Å². The predicted octanol–water partition coefficient (Wildman–Crippen LogP) is 1.79. The SMILES string of the molecule is O=c1c2ccccc2nc(NN=Cc2ccccc2O)n1O. The summed E-state index contributed by atoms with van der Waals surface area (Å²) >= 11 is 0. The summed E-state index contributed by atoms with van der Waals surface area (Å²) in [7, 11) is 0. The van der Waals surface area contributed by atoms with Crippen LogP contribution in [0.3, 0.4) is 0 Å². The summed E-state index contributed by atoms with van der Waals surface area (Å²) in [4.78, 5) is 16.1. The van der Waals surface area contributed by atoms with Crippen molar-refractivity contribution in [1.82, 2.24) is 9.71 Å². The van der Waals surface area contributed by atoms with Crippen molar-refractivity contribution < 1.29 is 10.3 Å². The summed E-state index contributed by atoms with van der Waals surface area (Å²) in [5.41, 5.74) is 2.82. The zero-order valence-electron chi connectivity index (χ0n) is 11.3. The molecule has 0 fully saturated rings. The highest BCUT2D eigenvalue weighted by molar-refractivity contribution is 5.83. The maximum Gasteiger partial charge on any atom is 0.295 e. The fraction of sp³-hybridized carbons (Fsp3) is 0. The van der Waals surface area contributed by atoms with Crippen LogP contribution in [0.1, 0.15) is 5.56 Å². The Hall–Kier alpha value is -3.35. The van der Waals surface area contributed by atoms with E-state index in [4.69, 9.17) is 0 Å². The van der Waals surface area contributed by atoms with E-state index in [1.54, 1.807) is 42.5 Å². The van der Waals surface area contributed by atoms with Gasteiger partial charge in [0.25, 0.3) is 11.5 Å². The highest BCUT2D eigenvalue weighted by atomic mass is 16.5. The van der Waals surface area contributed by atoms with E-state index in [0.29, 0.717) is 21.2 Å². The Morgan fingerprint density at radius 3 is 2.68 bits per heavy atom. The molecule has 0 aliphatic carbocycles. The second-order valence-corrected chi connectivity index (χ2v) is 4.50. The van der Waals surface area contributed by atoms with Crippen LogP contribution in [0.2, 0.25) is 0 Å². The molecule has 0 aliphatic heterocycles. The van der Waals surface area contributed by atoms with Crippen LogP contribution < -0.4 is 11.0 Å².